The van der Waals surface area contributed by atoms with Gasteiger partial charge in [-0.1, -0.05) is 52.0 Å². The standard InChI is InChI=1S/C23H22FN5S.2C2H6/c24-20-8-15(4-5-16(20)9-25)19-3-1-2-18(23(19)22-11-27-14-30-22)13-29-12-17-6-7-26-10-21(17)28-29;2*1-2/h1-5,8,11-12,21,26-28H,6-7,10,13-14H2;2*1-2H3. The number of benzene rings is 2. The molecule has 7 heteroatoms. The van der Waals surface area contributed by atoms with Crippen LogP contribution in [0.5, 0.6) is 0 Å². The van der Waals surface area contributed by atoms with E-state index in [9.17, 15) is 4.39 Å². The molecule has 3 heterocycles. The van der Waals surface area contributed by atoms with Crippen molar-refractivity contribution in [1.29, 1.82) is 5.26 Å². The summed E-state index contributed by atoms with van der Waals surface area (Å²) in [5, 5.41) is 17.9. The average molecular weight is 480 g/mol. The molecular formula is C27H34FN5S. The van der Waals surface area contributed by atoms with Gasteiger partial charge in [0, 0.05) is 29.4 Å². The first-order valence-corrected chi connectivity index (χ1v) is 13.0. The Hall–Kier alpha value is -2.79. The van der Waals surface area contributed by atoms with Crippen molar-refractivity contribution in [1.82, 2.24) is 21.1 Å². The Morgan fingerprint density at radius 2 is 2.00 bits per heavy atom. The number of nitrogens with one attached hydrogen (secondary N) is 3. The molecule has 0 bridgehead atoms. The fourth-order valence-electron chi connectivity index (χ4n) is 4.26. The highest BCUT2D eigenvalue weighted by Crippen LogP contribution is 2.40. The van der Waals surface area contributed by atoms with Gasteiger partial charge in [0.15, 0.2) is 0 Å². The Morgan fingerprint density at radius 1 is 1.18 bits per heavy atom. The van der Waals surface area contributed by atoms with E-state index in [1.807, 2.05) is 58.2 Å². The van der Waals surface area contributed by atoms with Gasteiger partial charge in [-0.25, -0.2) is 9.82 Å². The lowest BCUT2D eigenvalue weighted by Gasteiger charge is -2.25. The number of hydrogen-bond acceptors (Lipinski definition) is 6. The van der Waals surface area contributed by atoms with Crippen molar-refractivity contribution in [3.05, 3.63) is 76.9 Å². The van der Waals surface area contributed by atoms with Gasteiger partial charge in [-0.05, 0) is 47.4 Å². The maximum absolute atomic E-state index is 14.4. The number of rotatable bonds is 4. The summed E-state index contributed by atoms with van der Waals surface area (Å²) in [7, 11) is 0. The minimum Gasteiger partial charge on any atom is -0.381 e. The van der Waals surface area contributed by atoms with Crippen molar-refractivity contribution in [3.63, 3.8) is 0 Å². The zero-order chi connectivity index (χ0) is 24.5. The summed E-state index contributed by atoms with van der Waals surface area (Å²) in [6, 6.07) is 13.3. The van der Waals surface area contributed by atoms with Crippen LogP contribution in [0.4, 0.5) is 4.39 Å². The molecule has 5 nitrogen and oxygen atoms in total. The minimum atomic E-state index is -0.486. The predicted molar refractivity (Wildman–Crippen MR) is 141 cm³/mol. The average Bonchev–Trinajstić information content (AvgIpc) is 3.56. The van der Waals surface area contributed by atoms with E-state index in [2.05, 4.69) is 33.3 Å². The lowest BCUT2D eigenvalue weighted by Crippen LogP contribution is -2.45. The van der Waals surface area contributed by atoms with E-state index in [-0.39, 0.29) is 5.56 Å². The summed E-state index contributed by atoms with van der Waals surface area (Å²) in [5.41, 5.74) is 9.14. The highest BCUT2D eigenvalue weighted by molar-refractivity contribution is 8.08. The molecular weight excluding hydrogens is 445 g/mol. The molecule has 1 atom stereocenters. The number of hydrazine groups is 1. The van der Waals surface area contributed by atoms with Crippen LogP contribution in [0.2, 0.25) is 0 Å². The molecule has 0 aromatic heterocycles. The number of nitriles is 1. The van der Waals surface area contributed by atoms with Crippen LogP contribution in [0.1, 0.15) is 50.8 Å². The SMILES string of the molecule is CC.CC.N#Cc1ccc(-c2cccc(CN3C=C4CCNCC4N3)c2C2=CNCS2)cc1F. The highest BCUT2D eigenvalue weighted by atomic mass is 32.2. The van der Waals surface area contributed by atoms with E-state index in [4.69, 9.17) is 5.26 Å². The van der Waals surface area contributed by atoms with E-state index in [1.54, 1.807) is 17.8 Å². The van der Waals surface area contributed by atoms with Crippen molar-refractivity contribution in [2.24, 2.45) is 0 Å². The molecule has 0 spiro atoms. The van der Waals surface area contributed by atoms with Crippen molar-refractivity contribution >= 4 is 16.7 Å². The smallest absolute Gasteiger partial charge is 0.141 e. The topological polar surface area (TPSA) is 63.1 Å². The van der Waals surface area contributed by atoms with E-state index in [0.29, 0.717) is 6.04 Å². The number of nitrogens with zero attached hydrogens (tertiary/aromatic N) is 2. The second-order valence-electron chi connectivity index (χ2n) is 7.62. The lowest BCUT2D eigenvalue weighted by molar-refractivity contribution is 0.259. The van der Waals surface area contributed by atoms with Gasteiger partial charge >= 0.3 is 0 Å². The van der Waals surface area contributed by atoms with E-state index in [1.165, 1.54) is 17.2 Å². The van der Waals surface area contributed by atoms with Crippen LogP contribution in [0.25, 0.3) is 16.0 Å². The summed E-state index contributed by atoms with van der Waals surface area (Å²) in [4.78, 5) is 1.15. The van der Waals surface area contributed by atoms with Gasteiger partial charge in [0.25, 0.3) is 0 Å². The van der Waals surface area contributed by atoms with Crippen LogP contribution in [0.15, 0.2) is 54.4 Å². The third-order valence-electron chi connectivity index (χ3n) is 5.71. The minimum absolute atomic E-state index is 0.0664. The first-order chi connectivity index (χ1) is 16.7. The van der Waals surface area contributed by atoms with Gasteiger partial charge in [0.2, 0.25) is 0 Å². The molecule has 1 saturated heterocycles. The second-order valence-corrected chi connectivity index (χ2v) is 8.63. The Labute approximate surface area is 207 Å². The number of hydrogen-bond donors (Lipinski definition) is 3. The maximum Gasteiger partial charge on any atom is 0.141 e. The van der Waals surface area contributed by atoms with Gasteiger partial charge < -0.3 is 15.6 Å². The summed E-state index contributed by atoms with van der Waals surface area (Å²) < 4.78 is 14.4. The molecule has 5 rings (SSSR count). The van der Waals surface area contributed by atoms with Crippen LogP contribution >= 0.6 is 11.8 Å². The van der Waals surface area contributed by atoms with Crippen LogP contribution in [-0.4, -0.2) is 30.0 Å². The fraction of sp³-hybridized carbons (Fsp3) is 0.370. The summed E-state index contributed by atoms with van der Waals surface area (Å²) >= 11 is 1.75. The van der Waals surface area contributed by atoms with Crippen LogP contribution in [-0.2, 0) is 6.54 Å². The number of thioether (sulfide) groups is 1. The molecule has 0 saturated carbocycles. The van der Waals surface area contributed by atoms with Crippen molar-refractivity contribution in [2.45, 2.75) is 46.7 Å². The van der Waals surface area contributed by atoms with E-state index >= 15 is 0 Å². The largest absolute Gasteiger partial charge is 0.381 e. The first kappa shape index (κ1) is 25.8. The van der Waals surface area contributed by atoms with Crippen molar-refractivity contribution in [3.8, 4) is 17.2 Å². The van der Waals surface area contributed by atoms with Crippen LogP contribution in [0.3, 0.4) is 0 Å². The van der Waals surface area contributed by atoms with Gasteiger partial charge in [0.1, 0.15) is 11.9 Å². The first-order valence-electron chi connectivity index (χ1n) is 12.1. The Balaban J connectivity index is 0.000000771. The third-order valence-corrected chi connectivity index (χ3v) is 6.66. The van der Waals surface area contributed by atoms with Gasteiger partial charge in [-0.15, -0.1) is 11.8 Å². The molecule has 1 unspecified atom stereocenters. The lowest BCUT2D eigenvalue weighted by atomic mass is 9.94. The molecule has 2 aromatic carbocycles. The highest BCUT2D eigenvalue weighted by Gasteiger charge is 2.27. The Morgan fingerprint density at radius 3 is 2.68 bits per heavy atom. The summed E-state index contributed by atoms with van der Waals surface area (Å²) in [5.74, 6) is 0.338. The van der Waals surface area contributed by atoms with E-state index < -0.39 is 5.82 Å². The molecule has 2 aromatic rings. The zero-order valence-electron chi connectivity index (χ0n) is 20.4. The normalized spacial score (nSPS) is 18.2. The molecule has 34 heavy (non-hydrogen) atoms. The van der Waals surface area contributed by atoms with E-state index in [0.717, 1.165) is 53.5 Å². The molecule has 3 aliphatic rings. The van der Waals surface area contributed by atoms with Crippen LogP contribution < -0.4 is 16.1 Å². The molecule has 0 aliphatic carbocycles. The Bertz CT molecular complexity index is 1090. The molecule has 3 aliphatic heterocycles. The Kier molecular flexibility index (Phi) is 9.58. The second kappa shape index (κ2) is 12.6. The van der Waals surface area contributed by atoms with Crippen molar-refractivity contribution in [2.75, 3.05) is 19.0 Å². The molecule has 180 valence electrons. The quantitative estimate of drug-likeness (QED) is 0.533. The monoisotopic (exact) mass is 479 g/mol. The van der Waals surface area contributed by atoms with Gasteiger partial charge in [0.05, 0.1) is 24.0 Å². The number of halogens is 1. The van der Waals surface area contributed by atoms with Crippen molar-refractivity contribution < 1.29 is 4.39 Å². The number of piperidine rings is 1. The number of fused-ring (bicyclic) bond motifs is 1. The summed E-state index contributed by atoms with van der Waals surface area (Å²) in [6.45, 7) is 10.7. The molecule has 1 fully saturated rings. The van der Waals surface area contributed by atoms with Gasteiger partial charge in [-0.3, -0.25) is 0 Å². The van der Waals surface area contributed by atoms with Gasteiger partial charge in [-0.2, -0.15) is 5.26 Å². The maximum atomic E-state index is 14.4. The predicted octanol–water partition coefficient (Wildman–Crippen LogP) is 5.58. The molecule has 3 N–H and O–H groups in total. The molecule has 0 amide bonds. The third kappa shape index (κ3) is 5.64. The molecule has 0 radical (unpaired) electrons. The van der Waals surface area contributed by atoms with Crippen LogP contribution in [0, 0.1) is 17.1 Å². The zero-order valence-corrected chi connectivity index (χ0v) is 21.2. The fourth-order valence-corrected chi connectivity index (χ4v) is 5.13. The summed E-state index contributed by atoms with van der Waals surface area (Å²) in [6.07, 6.45) is 5.33.